The minimum Gasteiger partial charge on any atom is -0.494 e. The first-order valence-corrected chi connectivity index (χ1v) is 8.99. The molecule has 0 bridgehead atoms. The molecule has 1 N–H and O–H groups in total. The summed E-state index contributed by atoms with van der Waals surface area (Å²) in [6.07, 6.45) is 0.0839. The molecule has 0 heterocycles. The summed E-state index contributed by atoms with van der Waals surface area (Å²) in [5, 5.41) is 2.92. The maximum absolute atomic E-state index is 13.8. The standard InChI is InChI=1S/C21H26FNO4/c1-5-26-19-10-8-16(13-20(19)27-6-2)14(3)23-21(24)12-15-7-9-18(25-4)17(22)11-15/h7-11,13-14H,5-6,12H2,1-4H3,(H,23,24)/t14-/m0/s1. The SMILES string of the molecule is CCOc1ccc([C@H](C)NC(=O)Cc2ccc(OC)c(F)c2)cc1OCC. The van der Waals surface area contributed by atoms with E-state index >= 15 is 0 Å². The van der Waals surface area contributed by atoms with E-state index in [1.54, 1.807) is 6.07 Å². The van der Waals surface area contributed by atoms with Crippen molar-refractivity contribution in [1.29, 1.82) is 0 Å². The molecule has 0 fully saturated rings. The van der Waals surface area contributed by atoms with Gasteiger partial charge in [-0.2, -0.15) is 0 Å². The lowest BCUT2D eigenvalue weighted by molar-refractivity contribution is -0.121. The van der Waals surface area contributed by atoms with Crippen molar-refractivity contribution < 1.29 is 23.4 Å². The topological polar surface area (TPSA) is 56.8 Å². The predicted octanol–water partition coefficient (Wildman–Crippen LogP) is 4.05. The van der Waals surface area contributed by atoms with Gasteiger partial charge < -0.3 is 19.5 Å². The van der Waals surface area contributed by atoms with Gasteiger partial charge in [-0.05, 0) is 56.2 Å². The molecule has 0 aromatic heterocycles. The third kappa shape index (κ3) is 5.61. The van der Waals surface area contributed by atoms with E-state index in [2.05, 4.69) is 5.32 Å². The van der Waals surface area contributed by atoms with Crippen LogP contribution in [0.4, 0.5) is 4.39 Å². The number of amides is 1. The quantitative estimate of drug-likeness (QED) is 0.718. The maximum Gasteiger partial charge on any atom is 0.224 e. The summed E-state index contributed by atoms with van der Waals surface area (Å²) in [7, 11) is 1.40. The normalized spacial score (nSPS) is 11.6. The van der Waals surface area contributed by atoms with E-state index in [1.165, 1.54) is 19.2 Å². The molecule has 0 saturated carbocycles. The molecule has 0 aliphatic heterocycles. The maximum atomic E-state index is 13.8. The van der Waals surface area contributed by atoms with Crippen molar-refractivity contribution in [1.82, 2.24) is 5.32 Å². The highest BCUT2D eigenvalue weighted by Gasteiger charge is 2.14. The van der Waals surface area contributed by atoms with Crippen LogP contribution in [0.1, 0.15) is 37.9 Å². The van der Waals surface area contributed by atoms with Crippen LogP contribution in [0.2, 0.25) is 0 Å². The lowest BCUT2D eigenvalue weighted by Gasteiger charge is -2.17. The Morgan fingerprint density at radius 1 is 1.04 bits per heavy atom. The number of hydrogen-bond donors (Lipinski definition) is 1. The van der Waals surface area contributed by atoms with E-state index in [1.807, 2.05) is 39.0 Å². The van der Waals surface area contributed by atoms with Gasteiger partial charge in [-0.25, -0.2) is 4.39 Å². The average molecular weight is 375 g/mol. The first kappa shape index (κ1) is 20.6. The van der Waals surface area contributed by atoms with E-state index in [-0.39, 0.29) is 24.1 Å². The summed E-state index contributed by atoms with van der Waals surface area (Å²) < 4.78 is 29.8. The highest BCUT2D eigenvalue weighted by Crippen LogP contribution is 2.30. The Bertz CT molecular complexity index is 779. The van der Waals surface area contributed by atoms with Crippen molar-refractivity contribution in [2.75, 3.05) is 20.3 Å². The van der Waals surface area contributed by atoms with Crippen LogP contribution in [0.15, 0.2) is 36.4 Å². The molecular formula is C21H26FNO4. The Hall–Kier alpha value is -2.76. The first-order valence-electron chi connectivity index (χ1n) is 8.99. The average Bonchev–Trinajstić information content (AvgIpc) is 2.63. The largest absolute Gasteiger partial charge is 0.494 e. The molecular weight excluding hydrogens is 349 g/mol. The van der Waals surface area contributed by atoms with E-state index < -0.39 is 5.82 Å². The van der Waals surface area contributed by atoms with Gasteiger partial charge in [0.2, 0.25) is 5.91 Å². The third-order valence-corrected chi connectivity index (χ3v) is 4.03. The van der Waals surface area contributed by atoms with Crippen LogP contribution in [0.5, 0.6) is 17.2 Å². The van der Waals surface area contributed by atoms with Crippen molar-refractivity contribution in [3.63, 3.8) is 0 Å². The number of ether oxygens (including phenoxy) is 3. The summed E-state index contributed by atoms with van der Waals surface area (Å²) in [6.45, 7) is 6.77. The first-order chi connectivity index (χ1) is 13.0. The zero-order valence-electron chi connectivity index (χ0n) is 16.2. The second-order valence-corrected chi connectivity index (χ2v) is 6.01. The van der Waals surface area contributed by atoms with Gasteiger partial charge in [0, 0.05) is 0 Å². The van der Waals surface area contributed by atoms with Gasteiger partial charge in [0.05, 0.1) is 32.8 Å². The van der Waals surface area contributed by atoms with Crippen molar-refractivity contribution in [2.45, 2.75) is 33.2 Å². The molecule has 0 radical (unpaired) electrons. The summed E-state index contributed by atoms with van der Waals surface area (Å²) in [5.74, 6) is 0.804. The Morgan fingerprint density at radius 2 is 1.70 bits per heavy atom. The third-order valence-electron chi connectivity index (χ3n) is 4.03. The van der Waals surface area contributed by atoms with Crippen LogP contribution in [0.25, 0.3) is 0 Å². The Kier molecular flexibility index (Phi) is 7.46. The Morgan fingerprint density at radius 3 is 2.33 bits per heavy atom. The molecule has 2 aromatic rings. The van der Waals surface area contributed by atoms with Gasteiger partial charge in [0.15, 0.2) is 23.1 Å². The second kappa shape index (κ2) is 9.80. The number of rotatable bonds is 9. The van der Waals surface area contributed by atoms with E-state index in [0.717, 1.165) is 5.56 Å². The van der Waals surface area contributed by atoms with Gasteiger partial charge >= 0.3 is 0 Å². The molecule has 0 unspecified atom stereocenters. The van der Waals surface area contributed by atoms with Crippen LogP contribution >= 0.6 is 0 Å². The van der Waals surface area contributed by atoms with Crippen molar-refractivity contribution >= 4 is 5.91 Å². The molecule has 0 spiro atoms. The van der Waals surface area contributed by atoms with Gasteiger partial charge in [-0.3, -0.25) is 4.79 Å². The fraction of sp³-hybridized carbons (Fsp3) is 0.381. The number of methoxy groups -OCH3 is 1. The Labute approximate surface area is 159 Å². The number of hydrogen-bond acceptors (Lipinski definition) is 4. The predicted molar refractivity (Wildman–Crippen MR) is 102 cm³/mol. The smallest absolute Gasteiger partial charge is 0.224 e. The molecule has 0 aliphatic carbocycles. The molecule has 2 rings (SSSR count). The van der Waals surface area contributed by atoms with E-state index in [9.17, 15) is 9.18 Å². The fourth-order valence-corrected chi connectivity index (χ4v) is 2.72. The number of benzene rings is 2. The molecule has 5 nitrogen and oxygen atoms in total. The summed E-state index contributed by atoms with van der Waals surface area (Å²) in [6, 6.07) is 9.88. The van der Waals surface area contributed by atoms with Gasteiger partial charge in [0.25, 0.3) is 0 Å². The number of nitrogens with one attached hydrogen (secondary N) is 1. The van der Waals surface area contributed by atoms with Gasteiger partial charge in [-0.1, -0.05) is 12.1 Å². The van der Waals surface area contributed by atoms with Crippen LogP contribution in [-0.4, -0.2) is 26.2 Å². The van der Waals surface area contributed by atoms with Crippen LogP contribution in [0, 0.1) is 5.82 Å². The zero-order valence-corrected chi connectivity index (χ0v) is 16.2. The summed E-state index contributed by atoms with van der Waals surface area (Å²) in [5.41, 5.74) is 1.48. The molecule has 0 saturated heterocycles. The van der Waals surface area contributed by atoms with Gasteiger partial charge in [0.1, 0.15) is 0 Å². The van der Waals surface area contributed by atoms with Gasteiger partial charge in [-0.15, -0.1) is 0 Å². The molecule has 6 heteroatoms. The number of carbonyl (C=O) groups is 1. The summed E-state index contributed by atoms with van der Waals surface area (Å²) in [4.78, 5) is 12.3. The Balaban J connectivity index is 2.05. The molecule has 0 aliphatic rings. The van der Waals surface area contributed by atoms with E-state index in [0.29, 0.717) is 30.3 Å². The lowest BCUT2D eigenvalue weighted by atomic mass is 10.1. The monoisotopic (exact) mass is 375 g/mol. The van der Waals surface area contributed by atoms with Crippen molar-refractivity contribution in [2.24, 2.45) is 0 Å². The second-order valence-electron chi connectivity index (χ2n) is 6.01. The van der Waals surface area contributed by atoms with Crippen LogP contribution < -0.4 is 19.5 Å². The van der Waals surface area contributed by atoms with E-state index in [4.69, 9.17) is 14.2 Å². The highest BCUT2D eigenvalue weighted by atomic mass is 19.1. The molecule has 1 amide bonds. The van der Waals surface area contributed by atoms with Crippen LogP contribution in [-0.2, 0) is 11.2 Å². The lowest BCUT2D eigenvalue weighted by Crippen LogP contribution is -2.28. The summed E-state index contributed by atoms with van der Waals surface area (Å²) >= 11 is 0. The molecule has 2 aromatic carbocycles. The minimum atomic E-state index is -0.483. The zero-order chi connectivity index (χ0) is 19.8. The number of halogens is 1. The molecule has 1 atom stereocenters. The molecule has 27 heavy (non-hydrogen) atoms. The minimum absolute atomic E-state index is 0.0839. The molecule has 146 valence electrons. The van der Waals surface area contributed by atoms with Crippen molar-refractivity contribution in [3.8, 4) is 17.2 Å². The fourth-order valence-electron chi connectivity index (χ4n) is 2.72. The van der Waals surface area contributed by atoms with Crippen LogP contribution in [0.3, 0.4) is 0 Å². The highest BCUT2D eigenvalue weighted by molar-refractivity contribution is 5.79. The number of carbonyl (C=O) groups excluding carboxylic acids is 1. The van der Waals surface area contributed by atoms with Crippen molar-refractivity contribution in [3.05, 3.63) is 53.3 Å².